The summed E-state index contributed by atoms with van der Waals surface area (Å²) in [5.41, 5.74) is 0.634. The van der Waals surface area contributed by atoms with Gasteiger partial charge in [0, 0.05) is 18.8 Å². The van der Waals surface area contributed by atoms with E-state index in [0.29, 0.717) is 16.7 Å². The van der Waals surface area contributed by atoms with E-state index >= 15 is 0 Å². The highest BCUT2D eigenvalue weighted by Gasteiger charge is 2.40. The highest BCUT2D eigenvalue weighted by molar-refractivity contribution is 7.87. The zero-order valence-corrected chi connectivity index (χ0v) is 20.3. The predicted octanol–water partition coefficient (Wildman–Crippen LogP) is 5.38. The summed E-state index contributed by atoms with van der Waals surface area (Å²) in [5.74, 6) is -1.32. The topological polar surface area (TPSA) is 78.5 Å². The lowest BCUT2D eigenvalue weighted by Crippen LogP contribution is -2.55. The lowest BCUT2D eigenvalue weighted by Gasteiger charge is -2.36. The van der Waals surface area contributed by atoms with Gasteiger partial charge in [0.25, 0.3) is 10.2 Å². The maximum atomic E-state index is 13.4. The second kappa shape index (κ2) is 9.81. The lowest BCUT2D eigenvalue weighted by molar-refractivity contribution is -0.137. The van der Waals surface area contributed by atoms with Gasteiger partial charge >= 0.3 is 6.18 Å². The van der Waals surface area contributed by atoms with Gasteiger partial charge in [-0.25, -0.2) is 4.39 Å². The molecule has 2 N–H and O–H groups in total. The van der Waals surface area contributed by atoms with Gasteiger partial charge in [0.1, 0.15) is 11.9 Å². The van der Waals surface area contributed by atoms with Crippen LogP contribution in [0, 0.1) is 5.82 Å². The predicted molar refractivity (Wildman–Crippen MR) is 128 cm³/mol. The minimum Gasteiger partial charge on any atom is -0.325 e. The van der Waals surface area contributed by atoms with Crippen molar-refractivity contribution in [1.82, 2.24) is 9.03 Å². The summed E-state index contributed by atoms with van der Waals surface area (Å²) in [6.07, 6.45) is -4.48. The summed E-state index contributed by atoms with van der Waals surface area (Å²) in [4.78, 5) is 13.0. The number of nitrogens with one attached hydrogen (secondary N) is 2. The smallest absolute Gasteiger partial charge is 0.325 e. The minimum atomic E-state index is -4.51. The first-order valence-electron chi connectivity index (χ1n) is 10.6. The first-order valence-corrected chi connectivity index (χ1v) is 12.5. The molecule has 3 aromatic rings. The van der Waals surface area contributed by atoms with Gasteiger partial charge in [-0.1, -0.05) is 41.9 Å². The summed E-state index contributed by atoms with van der Waals surface area (Å²) in [6.45, 7) is 0. The van der Waals surface area contributed by atoms with Gasteiger partial charge in [-0.05, 0) is 59.5 Å². The van der Waals surface area contributed by atoms with Gasteiger partial charge in [0.2, 0.25) is 5.91 Å². The summed E-state index contributed by atoms with van der Waals surface area (Å²) in [6, 6.07) is 12.9. The lowest BCUT2D eigenvalue weighted by atomic mass is 9.95. The Bertz CT molecular complexity index is 1420. The first kappa shape index (κ1) is 26.1. The molecule has 0 radical (unpaired) electrons. The summed E-state index contributed by atoms with van der Waals surface area (Å²) in [7, 11) is -2.83. The number of carbonyl (C=O) groups is 1. The quantitative estimate of drug-likeness (QED) is 0.435. The Labute approximate surface area is 210 Å². The number of amides is 1. The maximum Gasteiger partial charge on any atom is 0.416 e. The van der Waals surface area contributed by atoms with Crippen LogP contribution in [0.15, 0.2) is 66.7 Å². The van der Waals surface area contributed by atoms with Crippen LogP contribution in [0.25, 0.3) is 11.1 Å². The van der Waals surface area contributed by atoms with Crippen molar-refractivity contribution in [3.8, 4) is 11.1 Å². The zero-order valence-electron chi connectivity index (χ0n) is 18.7. The molecule has 36 heavy (non-hydrogen) atoms. The SMILES string of the molecule is CN1[C@H](C(=O)Nc2ccc(F)c(Cl)c2)C[C@H](c2cccc(-c3cccc(C(F)(F)F)c3)c2)NS1(=O)=O. The Morgan fingerprint density at radius 3 is 2.39 bits per heavy atom. The number of halogens is 5. The molecule has 0 aliphatic carbocycles. The molecule has 190 valence electrons. The number of anilines is 1. The molecule has 0 saturated carbocycles. The molecule has 1 saturated heterocycles. The standard InChI is InChI=1S/C24H20ClF4N3O3S/c1-32-22(23(33)30-18-8-9-20(26)19(25)12-18)13-21(31-36(32,34)35)16-6-2-4-14(10-16)15-5-3-7-17(11-15)24(27,28)29/h2-12,21-22,31H,13H2,1H3,(H,30,33)/t21-,22+/m1/s1. The molecular weight excluding hydrogens is 522 g/mol. The Morgan fingerprint density at radius 1 is 1.06 bits per heavy atom. The fraction of sp³-hybridized carbons (Fsp3) is 0.208. The summed E-state index contributed by atoms with van der Waals surface area (Å²) >= 11 is 5.76. The van der Waals surface area contributed by atoms with Crippen LogP contribution < -0.4 is 10.0 Å². The van der Waals surface area contributed by atoms with Gasteiger partial charge < -0.3 is 5.32 Å². The second-order valence-corrected chi connectivity index (χ2v) is 10.4. The molecule has 0 spiro atoms. The molecule has 1 aliphatic rings. The molecule has 3 aromatic carbocycles. The third kappa shape index (κ3) is 5.54. The van der Waals surface area contributed by atoms with Crippen LogP contribution in [0.1, 0.15) is 23.6 Å². The van der Waals surface area contributed by atoms with Crippen molar-refractivity contribution in [3.63, 3.8) is 0 Å². The Hall–Kier alpha value is -2.99. The third-order valence-corrected chi connectivity index (χ3v) is 7.75. The van der Waals surface area contributed by atoms with Gasteiger partial charge in [-0.3, -0.25) is 4.79 Å². The molecule has 1 fully saturated rings. The van der Waals surface area contributed by atoms with Crippen molar-refractivity contribution >= 4 is 33.4 Å². The number of likely N-dealkylation sites (N-methyl/N-ethyl adjacent to an activating group) is 1. The van der Waals surface area contributed by atoms with Crippen LogP contribution >= 0.6 is 11.6 Å². The number of nitrogens with zero attached hydrogens (tertiary/aromatic N) is 1. The van der Waals surface area contributed by atoms with Gasteiger partial charge in [-0.15, -0.1) is 0 Å². The van der Waals surface area contributed by atoms with Crippen LogP contribution in [-0.2, 0) is 21.2 Å². The summed E-state index contributed by atoms with van der Waals surface area (Å²) in [5, 5.41) is 2.34. The van der Waals surface area contributed by atoms with E-state index in [1.807, 2.05) is 0 Å². The number of carbonyl (C=O) groups excluding carboxylic acids is 1. The largest absolute Gasteiger partial charge is 0.416 e. The number of alkyl halides is 3. The highest BCUT2D eigenvalue weighted by atomic mass is 35.5. The number of rotatable bonds is 4. The number of hydrogen-bond acceptors (Lipinski definition) is 3. The van der Waals surface area contributed by atoms with E-state index in [1.165, 1.54) is 31.3 Å². The third-order valence-electron chi connectivity index (χ3n) is 5.87. The minimum absolute atomic E-state index is 0.0303. The van der Waals surface area contributed by atoms with Crippen LogP contribution in [-0.4, -0.2) is 31.7 Å². The van der Waals surface area contributed by atoms with Crippen LogP contribution in [0.3, 0.4) is 0 Å². The van der Waals surface area contributed by atoms with E-state index in [0.717, 1.165) is 22.5 Å². The normalized spacial score (nSPS) is 20.2. The zero-order chi connectivity index (χ0) is 26.3. The van der Waals surface area contributed by atoms with E-state index in [1.54, 1.807) is 24.3 Å². The van der Waals surface area contributed by atoms with Crippen LogP contribution in [0.5, 0.6) is 0 Å². The maximum absolute atomic E-state index is 13.4. The van der Waals surface area contributed by atoms with Crippen molar-refractivity contribution in [2.24, 2.45) is 0 Å². The van der Waals surface area contributed by atoms with E-state index in [4.69, 9.17) is 11.6 Å². The number of benzene rings is 3. The van der Waals surface area contributed by atoms with E-state index in [-0.39, 0.29) is 17.1 Å². The molecule has 0 bridgehead atoms. The molecule has 12 heteroatoms. The van der Waals surface area contributed by atoms with E-state index < -0.39 is 45.8 Å². The van der Waals surface area contributed by atoms with Gasteiger partial charge in [0.15, 0.2) is 0 Å². The fourth-order valence-corrected chi connectivity index (χ4v) is 5.39. The molecule has 1 amide bonds. The van der Waals surface area contributed by atoms with Crippen molar-refractivity contribution in [2.75, 3.05) is 12.4 Å². The Morgan fingerprint density at radius 2 is 1.72 bits per heavy atom. The fourth-order valence-electron chi connectivity index (χ4n) is 3.94. The van der Waals surface area contributed by atoms with Crippen molar-refractivity contribution in [1.29, 1.82) is 0 Å². The average molecular weight is 542 g/mol. The Balaban J connectivity index is 1.61. The monoisotopic (exact) mass is 541 g/mol. The second-order valence-electron chi connectivity index (χ2n) is 8.27. The van der Waals surface area contributed by atoms with Crippen molar-refractivity contribution < 1.29 is 30.8 Å². The molecule has 0 aromatic heterocycles. The van der Waals surface area contributed by atoms with E-state index in [2.05, 4.69) is 10.0 Å². The number of hydrogen-bond donors (Lipinski definition) is 2. The van der Waals surface area contributed by atoms with Gasteiger partial charge in [-0.2, -0.15) is 30.6 Å². The Kier molecular flexibility index (Phi) is 7.11. The molecule has 1 heterocycles. The van der Waals surface area contributed by atoms with Crippen molar-refractivity contribution in [2.45, 2.75) is 24.7 Å². The average Bonchev–Trinajstić information content (AvgIpc) is 2.82. The van der Waals surface area contributed by atoms with Gasteiger partial charge in [0.05, 0.1) is 10.6 Å². The molecule has 6 nitrogen and oxygen atoms in total. The molecule has 0 unspecified atom stereocenters. The molecule has 2 atom stereocenters. The summed E-state index contributed by atoms with van der Waals surface area (Å²) < 4.78 is 81.8. The van der Waals surface area contributed by atoms with Crippen LogP contribution in [0.2, 0.25) is 5.02 Å². The van der Waals surface area contributed by atoms with Crippen LogP contribution in [0.4, 0.5) is 23.2 Å². The first-order chi connectivity index (χ1) is 16.8. The molecular formula is C24H20ClF4N3O3S. The van der Waals surface area contributed by atoms with Crippen molar-refractivity contribution in [3.05, 3.63) is 88.7 Å². The molecule has 4 rings (SSSR count). The highest BCUT2D eigenvalue weighted by Crippen LogP contribution is 2.34. The molecule has 1 aliphatic heterocycles. The van der Waals surface area contributed by atoms with E-state index in [9.17, 15) is 30.8 Å².